The summed E-state index contributed by atoms with van der Waals surface area (Å²) in [7, 11) is 0. The van der Waals surface area contributed by atoms with E-state index in [4.69, 9.17) is 0 Å². The number of amides is 2. The Kier molecular flexibility index (Phi) is 5.53. The molecule has 7 nitrogen and oxygen atoms in total. The zero-order valence-electron chi connectivity index (χ0n) is 13.4. The minimum Gasteiger partial charge on any atom is -0.351 e. The van der Waals surface area contributed by atoms with Crippen molar-refractivity contribution in [1.82, 2.24) is 20.1 Å². The van der Waals surface area contributed by atoms with Crippen molar-refractivity contribution in [2.75, 3.05) is 11.9 Å². The SMILES string of the molecule is O=C(CCCNC(=O)c1cccs1)Nc1ccccc1-n1cncn1. The molecule has 0 radical (unpaired) electrons. The molecule has 2 N–H and O–H groups in total. The molecule has 3 rings (SSSR count). The minimum absolute atomic E-state index is 0.105. The number of thiophene rings is 1. The van der Waals surface area contributed by atoms with E-state index >= 15 is 0 Å². The first-order valence-corrected chi connectivity index (χ1v) is 8.67. The maximum atomic E-state index is 12.1. The highest BCUT2D eigenvalue weighted by Crippen LogP contribution is 2.18. The molecule has 2 aromatic heterocycles. The van der Waals surface area contributed by atoms with Crippen molar-refractivity contribution in [2.24, 2.45) is 0 Å². The average Bonchev–Trinajstić information content (AvgIpc) is 3.32. The molecule has 8 heteroatoms. The Bertz CT molecular complexity index is 831. The zero-order chi connectivity index (χ0) is 17.5. The number of nitrogens with zero attached hydrogens (tertiary/aromatic N) is 3. The van der Waals surface area contributed by atoms with Gasteiger partial charge in [-0.2, -0.15) is 5.10 Å². The predicted molar refractivity (Wildman–Crippen MR) is 95.9 cm³/mol. The number of hydrogen-bond donors (Lipinski definition) is 2. The van der Waals surface area contributed by atoms with Crippen LogP contribution < -0.4 is 10.6 Å². The molecule has 2 amide bonds. The maximum Gasteiger partial charge on any atom is 0.261 e. The maximum absolute atomic E-state index is 12.1. The van der Waals surface area contributed by atoms with Gasteiger partial charge in [-0.25, -0.2) is 9.67 Å². The number of anilines is 1. The molecule has 0 saturated carbocycles. The van der Waals surface area contributed by atoms with Gasteiger partial charge in [0.2, 0.25) is 5.91 Å². The highest BCUT2D eigenvalue weighted by atomic mass is 32.1. The van der Waals surface area contributed by atoms with Crippen molar-refractivity contribution in [1.29, 1.82) is 0 Å². The standard InChI is InChI=1S/C17H17N5O2S/c23-16(8-3-9-19-17(24)15-7-4-10-25-15)21-13-5-1-2-6-14(13)22-12-18-11-20-22/h1-2,4-7,10-12H,3,8-9H2,(H,19,24)(H,21,23). The molecule has 0 bridgehead atoms. The van der Waals surface area contributed by atoms with Gasteiger partial charge < -0.3 is 10.6 Å². The molecular weight excluding hydrogens is 338 g/mol. The van der Waals surface area contributed by atoms with Gasteiger partial charge in [-0.3, -0.25) is 9.59 Å². The molecule has 0 aliphatic rings. The number of benzene rings is 1. The number of hydrogen-bond acceptors (Lipinski definition) is 5. The van der Waals surface area contributed by atoms with Crippen LogP contribution in [0.1, 0.15) is 22.5 Å². The van der Waals surface area contributed by atoms with Crippen LogP contribution in [0.4, 0.5) is 5.69 Å². The fourth-order valence-electron chi connectivity index (χ4n) is 2.27. The lowest BCUT2D eigenvalue weighted by atomic mass is 10.2. The van der Waals surface area contributed by atoms with Gasteiger partial charge in [0, 0.05) is 13.0 Å². The van der Waals surface area contributed by atoms with Crippen LogP contribution in [0.5, 0.6) is 0 Å². The topological polar surface area (TPSA) is 88.9 Å². The van der Waals surface area contributed by atoms with Crippen LogP contribution in [0.3, 0.4) is 0 Å². The number of aromatic nitrogens is 3. The van der Waals surface area contributed by atoms with Gasteiger partial charge in [0.25, 0.3) is 5.91 Å². The molecule has 25 heavy (non-hydrogen) atoms. The Morgan fingerprint density at radius 2 is 2.04 bits per heavy atom. The predicted octanol–water partition coefficient (Wildman–Crippen LogP) is 2.48. The summed E-state index contributed by atoms with van der Waals surface area (Å²) in [6.45, 7) is 0.453. The van der Waals surface area contributed by atoms with E-state index in [1.807, 2.05) is 35.7 Å². The van der Waals surface area contributed by atoms with Gasteiger partial charge in [-0.15, -0.1) is 11.3 Å². The zero-order valence-corrected chi connectivity index (χ0v) is 14.2. The molecule has 0 spiro atoms. The fourth-order valence-corrected chi connectivity index (χ4v) is 2.91. The summed E-state index contributed by atoms with van der Waals surface area (Å²) in [5, 5.41) is 11.6. The summed E-state index contributed by atoms with van der Waals surface area (Å²) < 4.78 is 1.59. The highest BCUT2D eigenvalue weighted by molar-refractivity contribution is 7.12. The van der Waals surface area contributed by atoms with Crippen LogP contribution in [0.25, 0.3) is 5.69 Å². The van der Waals surface area contributed by atoms with Crippen LogP contribution in [-0.2, 0) is 4.79 Å². The molecule has 128 valence electrons. The van der Waals surface area contributed by atoms with Crippen LogP contribution in [-0.4, -0.2) is 33.1 Å². The van der Waals surface area contributed by atoms with E-state index in [2.05, 4.69) is 20.7 Å². The smallest absolute Gasteiger partial charge is 0.261 e. The van der Waals surface area contributed by atoms with Gasteiger partial charge in [-0.05, 0) is 30.0 Å². The Labute approximate surface area is 148 Å². The molecule has 0 saturated heterocycles. The van der Waals surface area contributed by atoms with E-state index in [1.54, 1.807) is 17.1 Å². The quantitative estimate of drug-likeness (QED) is 0.637. The Hall–Kier alpha value is -3.00. The third-order valence-electron chi connectivity index (χ3n) is 3.45. The van der Waals surface area contributed by atoms with E-state index in [-0.39, 0.29) is 11.8 Å². The number of carbonyl (C=O) groups is 2. The molecule has 2 heterocycles. The van der Waals surface area contributed by atoms with Crippen molar-refractivity contribution in [3.05, 3.63) is 59.3 Å². The van der Waals surface area contributed by atoms with Crippen molar-refractivity contribution in [3.63, 3.8) is 0 Å². The van der Waals surface area contributed by atoms with Gasteiger partial charge in [-0.1, -0.05) is 18.2 Å². The first kappa shape index (κ1) is 16.8. The average molecular weight is 355 g/mol. The highest BCUT2D eigenvalue weighted by Gasteiger charge is 2.09. The summed E-state index contributed by atoms with van der Waals surface area (Å²) in [4.78, 5) is 28.5. The summed E-state index contributed by atoms with van der Waals surface area (Å²) in [5.41, 5.74) is 1.42. The molecule has 0 aliphatic heterocycles. The second-order valence-electron chi connectivity index (χ2n) is 5.24. The summed E-state index contributed by atoms with van der Waals surface area (Å²) >= 11 is 1.39. The van der Waals surface area contributed by atoms with Crippen LogP contribution >= 0.6 is 11.3 Å². The second kappa shape index (κ2) is 8.20. The molecule has 0 atom stereocenters. The number of rotatable bonds is 7. The largest absolute Gasteiger partial charge is 0.351 e. The van der Waals surface area contributed by atoms with Crippen LogP contribution in [0.2, 0.25) is 0 Å². The minimum atomic E-state index is -0.113. The molecular formula is C17H17N5O2S. The summed E-state index contributed by atoms with van der Waals surface area (Å²) in [6, 6.07) is 11.0. The first-order chi connectivity index (χ1) is 12.2. The monoisotopic (exact) mass is 355 g/mol. The molecule has 0 aliphatic carbocycles. The second-order valence-corrected chi connectivity index (χ2v) is 6.19. The lowest BCUT2D eigenvalue weighted by Gasteiger charge is -2.10. The van der Waals surface area contributed by atoms with E-state index in [9.17, 15) is 9.59 Å². The Morgan fingerprint density at radius 1 is 1.16 bits per heavy atom. The van der Waals surface area contributed by atoms with Crippen molar-refractivity contribution >= 4 is 28.8 Å². The number of nitrogens with one attached hydrogen (secondary N) is 2. The Morgan fingerprint density at radius 3 is 2.80 bits per heavy atom. The number of carbonyl (C=O) groups excluding carboxylic acids is 2. The van der Waals surface area contributed by atoms with Crippen LogP contribution in [0.15, 0.2) is 54.4 Å². The van der Waals surface area contributed by atoms with E-state index in [0.29, 0.717) is 30.0 Å². The molecule has 3 aromatic rings. The van der Waals surface area contributed by atoms with E-state index in [1.165, 1.54) is 17.7 Å². The lowest BCUT2D eigenvalue weighted by molar-refractivity contribution is -0.116. The van der Waals surface area contributed by atoms with Crippen molar-refractivity contribution in [3.8, 4) is 5.69 Å². The molecule has 0 unspecified atom stereocenters. The van der Waals surface area contributed by atoms with Crippen LogP contribution in [0, 0.1) is 0 Å². The van der Waals surface area contributed by atoms with Gasteiger partial charge >= 0.3 is 0 Å². The first-order valence-electron chi connectivity index (χ1n) is 7.79. The number of para-hydroxylation sites is 2. The fraction of sp³-hybridized carbons (Fsp3) is 0.176. The van der Waals surface area contributed by atoms with Gasteiger partial charge in [0.15, 0.2) is 0 Å². The molecule has 1 aromatic carbocycles. The van der Waals surface area contributed by atoms with Crippen molar-refractivity contribution < 1.29 is 9.59 Å². The van der Waals surface area contributed by atoms with E-state index in [0.717, 1.165) is 5.69 Å². The summed E-state index contributed by atoms with van der Waals surface area (Å²) in [5.74, 6) is -0.218. The lowest BCUT2D eigenvalue weighted by Crippen LogP contribution is -2.24. The van der Waals surface area contributed by atoms with Gasteiger partial charge in [0.05, 0.1) is 16.3 Å². The normalized spacial score (nSPS) is 10.4. The third kappa shape index (κ3) is 4.51. The van der Waals surface area contributed by atoms with E-state index < -0.39 is 0 Å². The summed E-state index contributed by atoms with van der Waals surface area (Å²) in [6.07, 6.45) is 3.89. The third-order valence-corrected chi connectivity index (χ3v) is 4.32. The van der Waals surface area contributed by atoms with Gasteiger partial charge in [0.1, 0.15) is 12.7 Å². The Balaban J connectivity index is 1.48. The van der Waals surface area contributed by atoms with Crippen molar-refractivity contribution in [2.45, 2.75) is 12.8 Å². The molecule has 0 fully saturated rings.